The Balaban J connectivity index is 1.78. The molecular weight excluding hydrogens is 438 g/mol. The van der Waals surface area contributed by atoms with Crippen molar-refractivity contribution in [3.63, 3.8) is 0 Å². The van der Waals surface area contributed by atoms with Gasteiger partial charge < -0.3 is 31.2 Å². The maximum absolute atomic E-state index is 12.3. The van der Waals surface area contributed by atoms with Crippen molar-refractivity contribution in [1.82, 2.24) is 20.5 Å². The van der Waals surface area contributed by atoms with E-state index in [1.165, 1.54) is 0 Å². The molecule has 3 rings (SSSR count). The van der Waals surface area contributed by atoms with Gasteiger partial charge in [-0.1, -0.05) is 18.9 Å². The van der Waals surface area contributed by atoms with E-state index in [0.29, 0.717) is 29.8 Å². The van der Waals surface area contributed by atoms with E-state index in [4.69, 9.17) is 15.2 Å². The predicted molar refractivity (Wildman–Crippen MR) is 128 cm³/mol. The summed E-state index contributed by atoms with van der Waals surface area (Å²) in [6.07, 6.45) is 3.20. The summed E-state index contributed by atoms with van der Waals surface area (Å²) < 4.78 is 10.8. The number of nitrogens with zero attached hydrogens (tertiary/aromatic N) is 3. The number of carbonyl (C=O) groups is 2. The van der Waals surface area contributed by atoms with Crippen LogP contribution >= 0.6 is 0 Å². The van der Waals surface area contributed by atoms with Gasteiger partial charge >= 0.3 is 6.09 Å². The Kier molecular flexibility index (Phi) is 8.08. The van der Waals surface area contributed by atoms with E-state index in [0.717, 1.165) is 25.7 Å². The third kappa shape index (κ3) is 7.19. The molecule has 1 aliphatic rings. The molecule has 11 nitrogen and oxygen atoms in total. The monoisotopic (exact) mass is 471 g/mol. The molecule has 11 heteroatoms. The molecule has 2 aromatic heterocycles. The Morgan fingerprint density at radius 1 is 1.12 bits per heavy atom. The molecule has 1 fully saturated rings. The third-order valence-corrected chi connectivity index (χ3v) is 5.11. The van der Waals surface area contributed by atoms with Crippen LogP contribution in [-0.4, -0.2) is 51.5 Å². The fraction of sp³-hybridized carbons (Fsp3) is 0.522. The van der Waals surface area contributed by atoms with E-state index < -0.39 is 17.6 Å². The number of pyridine rings is 1. The first kappa shape index (κ1) is 25.0. The van der Waals surface area contributed by atoms with Crippen molar-refractivity contribution in [3.05, 3.63) is 30.0 Å². The van der Waals surface area contributed by atoms with Crippen LogP contribution < -0.4 is 26.4 Å². The molecule has 2 amide bonds. The average Bonchev–Trinajstić information content (AvgIpc) is 2.74. The van der Waals surface area contributed by atoms with Gasteiger partial charge in [0.05, 0.1) is 18.3 Å². The topological polar surface area (TPSA) is 153 Å². The number of rotatable bonds is 8. The highest BCUT2D eigenvalue weighted by molar-refractivity contribution is 5.97. The van der Waals surface area contributed by atoms with E-state index in [-0.39, 0.29) is 17.8 Å². The summed E-state index contributed by atoms with van der Waals surface area (Å²) in [6.45, 7) is 7.83. The molecule has 2 aromatic rings. The molecule has 0 spiro atoms. The van der Waals surface area contributed by atoms with Crippen molar-refractivity contribution in [2.75, 3.05) is 17.2 Å². The Morgan fingerprint density at radius 2 is 1.85 bits per heavy atom. The number of nitrogens with two attached hydrogens (primary N) is 1. The van der Waals surface area contributed by atoms with Gasteiger partial charge in [0.1, 0.15) is 11.4 Å². The highest BCUT2D eigenvalue weighted by atomic mass is 16.6. The van der Waals surface area contributed by atoms with Crippen molar-refractivity contribution in [1.29, 1.82) is 0 Å². The zero-order valence-electron chi connectivity index (χ0n) is 20.1. The standard InChI is InChI=1S/C23H33N7O4/c1-5-33-19-12-8-11-17(28-19)26-16-13-18(29-30-20(16)21(24)31)25-14-9-6-7-10-15(14)27-22(32)34-23(2,3)4/h8,11-15H,5-7,9-10H2,1-4H3,(H2,24,31)(H,27,32)(H2,25,26,28,29)/t14-,15-/m1/s1. The minimum atomic E-state index is -0.718. The summed E-state index contributed by atoms with van der Waals surface area (Å²) in [4.78, 5) is 28.6. The minimum absolute atomic E-state index is 0.0127. The number of carbonyl (C=O) groups excluding carboxylic acids is 2. The summed E-state index contributed by atoms with van der Waals surface area (Å²) in [5.74, 6) is 0.641. The molecule has 0 aromatic carbocycles. The Bertz CT molecular complexity index is 1010. The number of hydrogen-bond donors (Lipinski definition) is 4. The Labute approximate surface area is 199 Å². The molecular formula is C23H33N7O4. The van der Waals surface area contributed by atoms with E-state index >= 15 is 0 Å². The van der Waals surface area contributed by atoms with Gasteiger partial charge in [-0.3, -0.25) is 4.79 Å². The maximum Gasteiger partial charge on any atom is 0.407 e. The fourth-order valence-corrected chi connectivity index (χ4v) is 3.72. The van der Waals surface area contributed by atoms with Gasteiger partial charge in [-0.2, -0.15) is 4.98 Å². The minimum Gasteiger partial charge on any atom is -0.478 e. The first-order chi connectivity index (χ1) is 16.1. The van der Waals surface area contributed by atoms with Gasteiger partial charge in [0, 0.05) is 18.2 Å². The molecule has 0 saturated heterocycles. The largest absolute Gasteiger partial charge is 0.478 e. The molecule has 0 bridgehead atoms. The Hall–Kier alpha value is -3.63. The number of hydrogen-bond acceptors (Lipinski definition) is 9. The lowest BCUT2D eigenvalue weighted by atomic mass is 9.90. The average molecular weight is 472 g/mol. The lowest BCUT2D eigenvalue weighted by Crippen LogP contribution is -2.49. The molecule has 5 N–H and O–H groups in total. The molecule has 34 heavy (non-hydrogen) atoms. The van der Waals surface area contributed by atoms with Crippen LogP contribution in [0.15, 0.2) is 24.3 Å². The van der Waals surface area contributed by atoms with Gasteiger partial charge in [-0.25, -0.2) is 4.79 Å². The molecule has 1 aliphatic carbocycles. The second-order valence-electron chi connectivity index (χ2n) is 9.06. The molecule has 184 valence electrons. The van der Waals surface area contributed by atoms with Crippen LogP contribution in [0.2, 0.25) is 0 Å². The van der Waals surface area contributed by atoms with Crippen molar-refractivity contribution in [3.8, 4) is 5.88 Å². The number of alkyl carbamates (subject to hydrolysis) is 1. The van der Waals surface area contributed by atoms with Gasteiger partial charge in [0.25, 0.3) is 5.91 Å². The number of aromatic nitrogens is 3. The maximum atomic E-state index is 12.3. The van der Waals surface area contributed by atoms with Gasteiger partial charge in [0.2, 0.25) is 5.88 Å². The first-order valence-corrected chi connectivity index (χ1v) is 11.4. The summed E-state index contributed by atoms with van der Waals surface area (Å²) in [7, 11) is 0. The highest BCUT2D eigenvalue weighted by Gasteiger charge is 2.29. The molecule has 1 saturated carbocycles. The van der Waals surface area contributed by atoms with E-state index in [1.54, 1.807) is 24.3 Å². The summed E-state index contributed by atoms with van der Waals surface area (Å²) in [6, 6.07) is 6.70. The lowest BCUT2D eigenvalue weighted by Gasteiger charge is -2.33. The van der Waals surface area contributed by atoms with Crippen LogP contribution in [0, 0.1) is 0 Å². The number of primary amides is 1. The van der Waals surface area contributed by atoms with Crippen molar-refractivity contribution >= 4 is 29.3 Å². The number of amides is 2. The van der Waals surface area contributed by atoms with Gasteiger partial charge in [-0.15, -0.1) is 10.2 Å². The van der Waals surface area contributed by atoms with Gasteiger partial charge in [0.15, 0.2) is 11.5 Å². The first-order valence-electron chi connectivity index (χ1n) is 11.4. The zero-order valence-corrected chi connectivity index (χ0v) is 20.1. The summed E-state index contributed by atoms with van der Waals surface area (Å²) in [5, 5.41) is 17.5. The molecule has 2 atom stereocenters. The van der Waals surface area contributed by atoms with Crippen LogP contribution in [0.4, 0.5) is 22.1 Å². The highest BCUT2D eigenvalue weighted by Crippen LogP contribution is 2.26. The number of nitrogens with one attached hydrogen (secondary N) is 3. The molecule has 0 aliphatic heterocycles. The van der Waals surface area contributed by atoms with Crippen LogP contribution in [0.3, 0.4) is 0 Å². The quantitative estimate of drug-likeness (QED) is 0.454. The molecule has 0 radical (unpaired) electrons. The zero-order chi connectivity index (χ0) is 24.7. The van der Waals surface area contributed by atoms with Crippen molar-refractivity contribution in [2.45, 2.75) is 71.1 Å². The third-order valence-electron chi connectivity index (χ3n) is 5.11. The lowest BCUT2D eigenvalue weighted by molar-refractivity contribution is 0.0488. The Morgan fingerprint density at radius 3 is 2.53 bits per heavy atom. The normalized spacial score (nSPS) is 18.0. The van der Waals surface area contributed by atoms with Crippen molar-refractivity contribution in [2.24, 2.45) is 5.73 Å². The van der Waals surface area contributed by atoms with Crippen LogP contribution in [-0.2, 0) is 4.74 Å². The second-order valence-corrected chi connectivity index (χ2v) is 9.06. The van der Waals surface area contributed by atoms with Crippen LogP contribution in [0.1, 0.15) is 63.9 Å². The molecule has 0 unspecified atom stereocenters. The number of anilines is 3. The SMILES string of the molecule is CCOc1cccc(Nc2cc(N[C@@H]3CCCC[C@H]3NC(=O)OC(C)(C)C)nnc2C(N)=O)n1. The van der Waals surface area contributed by atoms with Crippen LogP contribution in [0.25, 0.3) is 0 Å². The smallest absolute Gasteiger partial charge is 0.407 e. The van der Waals surface area contributed by atoms with E-state index in [1.807, 2.05) is 27.7 Å². The summed E-state index contributed by atoms with van der Waals surface area (Å²) in [5.41, 5.74) is 5.27. The molecule has 2 heterocycles. The van der Waals surface area contributed by atoms with Gasteiger partial charge in [-0.05, 0) is 46.6 Å². The summed E-state index contributed by atoms with van der Waals surface area (Å²) >= 11 is 0. The fourth-order valence-electron chi connectivity index (χ4n) is 3.72. The second kappa shape index (κ2) is 11.0. The van der Waals surface area contributed by atoms with E-state index in [2.05, 4.69) is 31.1 Å². The van der Waals surface area contributed by atoms with Crippen LogP contribution in [0.5, 0.6) is 5.88 Å². The predicted octanol–water partition coefficient (Wildman–Crippen LogP) is 3.36. The number of ether oxygens (including phenoxy) is 2. The van der Waals surface area contributed by atoms with Crippen molar-refractivity contribution < 1.29 is 19.1 Å². The van der Waals surface area contributed by atoms with E-state index in [9.17, 15) is 9.59 Å².